The minimum absolute atomic E-state index is 0.0524. The third-order valence-electron chi connectivity index (χ3n) is 4.74. The zero-order valence-electron chi connectivity index (χ0n) is 15.7. The number of benzene rings is 1. The summed E-state index contributed by atoms with van der Waals surface area (Å²) in [4.78, 5) is 13.5. The van der Waals surface area contributed by atoms with Crippen LogP contribution in [0.2, 0.25) is 0 Å². The molecule has 1 aliphatic rings. The Labute approximate surface area is 162 Å². The van der Waals surface area contributed by atoms with Crippen molar-refractivity contribution in [3.63, 3.8) is 0 Å². The van der Waals surface area contributed by atoms with Crippen molar-refractivity contribution in [2.75, 3.05) is 18.9 Å². The summed E-state index contributed by atoms with van der Waals surface area (Å²) in [5, 5.41) is 22.1. The number of anilines is 1. The molecule has 2 heterocycles. The van der Waals surface area contributed by atoms with Crippen LogP contribution in [0, 0.1) is 10.1 Å². The second kappa shape index (κ2) is 8.53. The summed E-state index contributed by atoms with van der Waals surface area (Å²) in [6, 6.07) is 9.11. The SMILES string of the molecule is CNc1ccc(-n2cccc2CN2CCCC2/C=N/N=C(N)N)c([N+](=O)[O-])c1. The van der Waals surface area contributed by atoms with Gasteiger partial charge < -0.3 is 21.4 Å². The molecule has 10 heteroatoms. The molecule has 5 N–H and O–H groups in total. The molecule has 1 aliphatic heterocycles. The summed E-state index contributed by atoms with van der Waals surface area (Å²) in [6.45, 7) is 1.54. The van der Waals surface area contributed by atoms with Crippen molar-refractivity contribution in [1.82, 2.24) is 9.47 Å². The quantitative estimate of drug-likeness (QED) is 0.287. The van der Waals surface area contributed by atoms with Crippen molar-refractivity contribution in [3.8, 4) is 5.69 Å². The first-order valence-electron chi connectivity index (χ1n) is 8.98. The maximum atomic E-state index is 11.6. The second-order valence-corrected chi connectivity index (χ2v) is 6.55. The highest BCUT2D eigenvalue weighted by molar-refractivity contribution is 5.76. The second-order valence-electron chi connectivity index (χ2n) is 6.55. The first-order chi connectivity index (χ1) is 13.5. The van der Waals surface area contributed by atoms with Crippen LogP contribution in [0.25, 0.3) is 5.69 Å². The molecule has 10 nitrogen and oxygen atoms in total. The zero-order valence-corrected chi connectivity index (χ0v) is 15.7. The first-order valence-corrected chi connectivity index (χ1v) is 8.98. The van der Waals surface area contributed by atoms with Gasteiger partial charge in [0.2, 0.25) is 5.96 Å². The van der Waals surface area contributed by atoms with Crippen LogP contribution >= 0.6 is 0 Å². The summed E-state index contributed by atoms with van der Waals surface area (Å²) in [7, 11) is 1.73. The summed E-state index contributed by atoms with van der Waals surface area (Å²) >= 11 is 0. The van der Waals surface area contributed by atoms with E-state index >= 15 is 0 Å². The number of nitrogens with zero attached hydrogens (tertiary/aromatic N) is 5. The molecule has 1 aromatic carbocycles. The minimum atomic E-state index is -0.361. The molecule has 1 fully saturated rings. The topological polar surface area (TPSA) is 140 Å². The molecule has 0 saturated carbocycles. The molecule has 28 heavy (non-hydrogen) atoms. The van der Waals surface area contributed by atoms with Gasteiger partial charge in [0.15, 0.2) is 0 Å². The van der Waals surface area contributed by atoms with Gasteiger partial charge in [0, 0.05) is 49.5 Å². The van der Waals surface area contributed by atoms with E-state index in [1.54, 1.807) is 25.4 Å². The van der Waals surface area contributed by atoms with Crippen molar-refractivity contribution in [1.29, 1.82) is 0 Å². The van der Waals surface area contributed by atoms with Crippen LogP contribution < -0.4 is 16.8 Å². The number of nitrogens with one attached hydrogen (secondary N) is 1. The Kier molecular flexibility index (Phi) is 5.90. The number of aromatic nitrogens is 1. The number of guanidine groups is 1. The van der Waals surface area contributed by atoms with Crippen LogP contribution in [0.15, 0.2) is 46.7 Å². The summed E-state index contributed by atoms with van der Waals surface area (Å²) < 4.78 is 1.86. The van der Waals surface area contributed by atoms with E-state index in [0.717, 1.165) is 25.1 Å². The molecule has 0 spiro atoms. The van der Waals surface area contributed by atoms with Crippen LogP contribution in [-0.4, -0.2) is 46.2 Å². The van der Waals surface area contributed by atoms with Gasteiger partial charge in [-0.2, -0.15) is 5.10 Å². The van der Waals surface area contributed by atoms with Crippen molar-refractivity contribution >= 4 is 23.5 Å². The van der Waals surface area contributed by atoms with Crippen LogP contribution in [0.3, 0.4) is 0 Å². The maximum Gasteiger partial charge on any atom is 0.295 e. The molecule has 1 aromatic heterocycles. The van der Waals surface area contributed by atoms with Gasteiger partial charge in [0.05, 0.1) is 4.92 Å². The van der Waals surface area contributed by atoms with Gasteiger partial charge in [-0.25, -0.2) is 0 Å². The van der Waals surface area contributed by atoms with Crippen molar-refractivity contribution in [2.45, 2.75) is 25.4 Å². The van der Waals surface area contributed by atoms with Crippen LogP contribution in [0.5, 0.6) is 0 Å². The average molecular weight is 384 g/mol. The average Bonchev–Trinajstić information content (AvgIpc) is 3.31. The molecular formula is C18H24N8O2. The van der Waals surface area contributed by atoms with Crippen LogP contribution in [0.4, 0.5) is 11.4 Å². The highest BCUT2D eigenvalue weighted by Gasteiger charge is 2.25. The standard InChI is InChI=1S/C18H24N8O2/c1-21-13-6-7-16(17(10-13)26(27)28)25-9-3-5-15(25)12-24-8-2-4-14(24)11-22-23-18(19)20/h3,5-7,9-11,14,21H,2,4,8,12H2,1H3,(H4,19,20,23)/b22-11+. The lowest BCUT2D eigenvalue weighted by Crippen LogP contribution is -2.31. The highest BCUT2D eigenvalue weighted by atomic mass is 16.6. The van der Waals surface area contributed by atoms with Gasteiger partial charge in [-0.3, -0.25) is 15.0 Å². The number of nitro groups is 1. The Morgan fingerprint density at radius 1 is 1.43 bits per heavy atom. The van der Waals surface area contributed by atoms with E-state index in [0.29, 0.717) is 17.9 Å². The van der Waals surface area contributed by atoms with E-state index in [4.69, 9.17) is 11.5 Å². The Hall–Kier alpha value is -3.40. The first kappa shape index (κ1) is 19.4. The van der Waals surface area contributed by atoms with Gasteiger partial charge in [0.25, 0.3) is 5.69 Å². The molecule has 148 valence electrons. The Morgan fingerprint density at radius 3 is 2.96 bits per heavy atom. The predicted molar refractivity (Wildman–Crippen MR) is 110 cm³/mol. The van der Waals surface area contributed by atoms with E-state index in [1.807, 2.05) is 29.0 Å². The minimum Gasteiger partial charge on any atom is -0.388 e. The normalized spacial score (nSPS) is 17.1. The van der Waals surface area contributed by atoms with E-state index in [1.165, 1.54) is 0 Å². The molecule has 1 atom stereocenters. The van der Waals surface area contributed by atoms with E-state index in [9.17, 15) is 10.1 Å². The van der Waals surface area contributed by atoms with Gasteiger partial charge in [-0.15, -0.1) is 5.10 Å². The number of rotatable bonds is 7. The largest absolute Gasteiger partial charge is 0.388 e. The lowest BCUT2D eigenvalue weighted by atomic mass is 10.2. The van der Waals surface area contributed by atoms with Crippen molar-refractivity contribution in [2.24, 2.45) is 21.7 Å². The predicted octanol–water partition coefficient (Wildman–Crippen LogP) is 1.65. The van der Waals surface area contributed by atoms with Gasteiger partial charge in [0.1, 0.15) is 5.69 Å². The van der Waals surface area contributed by atoms with Gasteiger partial charge in [-0.05, 0) is 43.7 Å². The number of hydrogen-bond donors (Lipinski definition) is 3. The third-order valence-corrected chi connectivity index (χ3v) is 4.74. The summed E-state index contributed by atoms with van der Waals surface area (Å²) in [5.41, 5.74) is 12.8. The molecular weight excluding hydrogens is 360 g/mol. The molecule has 0 radical (unpaired) electrons. The third kappa shape index (κ3) is 4.29. The molecule has 0 bridgehead atoms. The zero-order chi connectivity index (χ0) is 20.1. The highest BCUT2D eigenvalue weighted by Crippen LogP contribution is 2.29. The molecule has 1 unspecified atom stereocenters. The Bertz CT molecular complexity index is 901. The molecule has 0 amide bonds. The number of nitrogens with two attached hydrogens (primary N) is 2. The maximum absolute atomic E-state index is 11.6. The van der Waals surface area contributed by atoms with E-state index in [-0.39, 0.29) is 22.6 Å². The van der Waals surface area contributed by atoms with Crippen LogP contribution in [-0.2, 0) is 6.54 Å². The van der Waals surface area contributed by atoms with Crippen LogP contribution in [0.1, 0.15) is 18.5 Å². The molecule has 3 rings (SSSR count). The van der Waals surface area contributed by atoms with Crippen molar-refractivity contribution < 1.29 is 4.92 Å². The summed E-state index contributed by atoms with van der Waals surface area (Å²) in [5.74, 6) is -0.0769. The van der Waals surface area contributed by atoms with Crippen molar-refractivity contribution in [3.05, 3.63) is 52.3 Å². The fraction of sp³-hybridized carbons (Fsp3) is 0.333. The summed E-state index contributed by atoms with van der Waals surface area (Å²) in [6.07, 6.45) is 5.58. The Morgan fingerprint density at radius 2 is 2.25 bits per heavy atom. The fourth-order valence-corrected chi connectivity index (χ4v) is 3.41. The van der Waals surface area contributed by atoms with E-state index in [2.05, 4.69) is 20.4 Å². The van der Waals surface area contributed by atoms with E-state index < -0.39 is 0 Å². The number of hydrogen-bond acceptors (Lipinski definition) is 6. The molecule has 1 saturated heterocycles. The smallest absolute Gasteiger partial charge is 0.295 e. The molecule has 0 aliphatic carbocycles. The number of nitro benzene ring substituents is 1. The lowest BCUT2D eigenvalue weighted by Gasteiger charge is -2.22. The lowest BCUT2D eigenvalue weighted by molar-refractivity contribution is -0.384. The monoisotopic (exact) mass is 384 g/mol. The van der Waals surface area contributed by atoms with Gasteiger partial charge in [-0.1, -0.05) is 0 Å². The number of likely N-dealkylation sites (tertiary alicyclic amines) is 1. The molecule has 2 aromatic rings. The van der Waals surface area contributed by atoms with Gasteiger partial charge >= 0.3 is 0 Å². The fourth-order valence-electron chi connectivity index (χ4n) is 3.41. The Balaban J connectivity index is 1.86.